The lowest BCUT2D eigenvalue weighted by atomic mass is 10.1. The first-order valence-corrected chi connectivity index (χ1v) is 7.72. The molecule has 0 aliphatic heterocycles. The molecule has 0 bridgehead atoms. The summed E-state index contributed by atoms with van der Waals surface area (Å²) in [5.41, 5.74) is 1.31. The van der Waals surface area contributed by atoms with E-state index in [0.29, 0.717) is 18.1 Å². The molecule has 1 heterocycles. The quantitative estimate of drug-likeness (QED) is 0.814. The Morgan fingerprint density at radius 3 is 2.72 bits per heavy atom. The molecular weight excluding hydrogens is 308 g/mol. The molecule has 0 saturated heterocycles. The highest BCUT2D eigenvalue weighted by Gasteiger charge is 2.43. The van der Waals surface area contributed by atoms with Crippen molar-refractivity contribution in [2.45, 2.75) is 18.8 Å². The number of carbonyl (C=O) groups excluding carboxylic acids is 1. The fraction of sp³-hybridized carbons (Fsp3) is 0.267. The second kappa shape index (κ2) is 4.98. The fourth-order valence-corrected chi connectivity index (χ4v) is 3.86. The topological polar surface area (TPSA) is 17.1 Å². The van der Waals surface area contributed by atoms with Gasteiger partial charge in [-0.05, 0) is 45.3 Å². The molecule has 0 N–H and O–H groups in total. The van der Waals surface area contributed by atoms with E-state index in [1.165, 1.54) is 5.56 Å². The van der Waals surface area contributed by atoms with E-state index in [9.17, 15) is 4.79 Å². The number of halogens is 1. The number of hydrogen-bond acceptors (Lipinski definition) is 2. The van der Waals surface area contributed by atoms with Crippen molar-refractivity contribution in [1.82, 2.24) is 0 Å². The van der Waals surface area contributed by atoms with Crippen LogP contribution in [-0.4, -0.2) is 5.78 Å². The number of rotatable bonds is 4. The van der Waals surface area contributed by atoms with Crippen LogP contribution in [0, 0.1) is 5.92 Å². The van der Waals surface area contributed by atoms with Crippen molar-refractivity contribution in [3.8, 4) is 0 Å². The van der Waals surface area contributed by atoms with Gasteiger partial charge in [0.15, 0.2) is 0 Å². The fourth-order valence-electron chi connectivity index (χ4n) is 2.36. The number of carbonyl (C=O) groups is 1. The Balaban J connectivity index is 1.65. The van der Waals surface area contributed by atoms with Crippen molar-refractivity contribution >= 4 is 33.0 Å². The molecule has 3 heteroatoms. The highest BCUT2D eigenvalue weighted by atomic mass is 79.9. The van der Waals surface area contributed by atoms with Crippen molar-refractivity contribution in [3.63, 3.8) is 0 Å². The van der Waals surface area contributed by atoms with E-state index in [2.05, 4.69) is 28.1 Å². The highest BCUT2D eigenvalue weighted by Crippen LogP contribution is 2.48. The first-order chi connectivity index (χ1) is 8.75. The van der Waals surface area contributed by atoms with Crippen LogP contribution in [0.25, 0.3) is 0 Å². The molecule has 18 heavy (non-hydrogen) atoms. The zero-order valence-corrected chi connectivity index (χ0v) is 12.2. The molecule has 0 amide bonds. The largest absolute Gasteiger partial charge is 0.299 e. The maximum Gasteiger partial charge on any atom is 0.141 e. The molecule has 1 aromatic carbocycles. The molecule has 1 aliphatic carbocycles. The van der Waals surface area contributed by atoms with E-state index < -0.39 is 0 Å². The normalized spacial score (nSPS) is 21.8. The van der Waals surface area contributed by atoms with Crippen LogP contribution < -0.4 is 0 Å². The molecule has 0 radical (unpaired) electrons. The van der Waals surface area contributed by atoms with Gasteiger partial charge in [-0.15, -0.1) is 11.3 Å². The summed E-state index contributed by atoms with van der Waals surface area (Å²) in [7, 11) is 0. The second-order valence-electron chi connectivity index (χ2n) is 4.69. The summed E-state index contributed by atoms with van der Waals surface area (Å²) in [4.78, 5) is 13.3. The van der Waals surface area contributed by atoms with E-state index in [4.69, 9.17) is 0 Å². The predicted molar refractivity (Wildman–Crippen MR) is 78.0 cm³/mol. The standard InChI is InChI=1S/C15H13BrOS/c16-13-6-7-18-15(13)9-14(17)12-8-11(12)10-4-2-1-3-5-10/h1-7,11-12H,8-9H2. The molecule has 3 rings (SSSR count). The Morgan fingerprint density at radius 2 is 2.06 bits per heavy atom. The van der Waals surface area contributed by atoms with E-state index in [1.807, 2.05) is 29.6 Å². The van der Waals surface area contributed by atoms with Crippen molar-refractivity contribution < 1.29 is 4.79 Å². The van der Waals surface area contributed by atoms with Gasteiger partial charge in [-0.1, -0.05) is 30.3 Å². The van der Waals surface area contributed by atoms with Gasteiger partial charge in [-0.25, -0.2) is 0 Å². The van der Waals surface area contributed by atoms with Crippen LogP contribution in [0.2, 0.25) is 0 Å². The molecule has 2 unspecified atom stereocenters. The second-order valence-corrected chi connectivity index (χ2v) is 6.55. The molecule has 0 spiro atoms. The number of Topliss-reactive ketones (excluding diaryl/α,β-unsaturated/α-hetero) is 1. The minimum Gasteiger partial charge on any atom is -0.299 e. The molecule has 1 aliphatic rings. The molecular formula is C15H13BrOS. The summed E-state index contributed by atoms with van der Waals surface area (Å²) < 4.78 is 1.07. The molecule has 1 fully saturated rings. The highest BCUT2D eigenvalue weighted by molar-refractivity contribution is 9.10. The van der Waals surface area contributed by atoms with Gasteiger partial charge in [0.1, 0.15) is 5.78 Å². The Kier molecular flexibility index (Phi) is 3.35. The lowest BCUT2D eigenvalue weighted by molar-refractivity contribution is -0.119. The van der Waals surface area contributed by atoms with Gasteiger partial charge in [0.05, 0.1) is 0 Å². The lowest BCUT2D eigenvalue weighted by Crippen LogP contribution is -2.05. The maximum atomic E-state index is 12.2. The smallest absolute Gasteiger partial charge is 0.141 e. The average molecular weight is 321 g/mol. The summed E-state index contributed by atoms with van der Waals surface area (Å²) in [6, 6.07) is 12.4. The summed E-state index contributed by atoms with van der Waals surface area (Å²) in [5, 5.41) is 2.02. The third-order valence-corrected chi connectivity index (χ3v) is 5.38. The number of benzene rings is 1. The van der Waals surface area contributed by atoms with Crippen LogP contribution in [0.15, 0.2) is 46.3 Å². The monoisotopic (exact) mass is 320 g/mol. The van der Waals surface area contributed by atoms with Gasteiger partial charge >= 0.3 is 0 Å². The van der Waals surface area contributed by atoms with Crippen LogP contribution in [0.4, 0.5) is 0 Å². The van der Waals surface area contributed by atoms with Gasteiger partial charge in [-0.2, -0.15) is 0 Å². The van der Waals surface area contributed by atoms with Gasteiger partial charge < -0.3 is 0 Å². The maximum absolute atomic E-state index is 12.2. The first kappa shape index (κ1) is 12.1. The van der Waals surface area contributed by atoms with Gasteiger partial charge in [0, 0.05) is 21.7 Å². The average Bonchev–Trinajstić information content (AvgIpc) is 3.10. The molecule has 1 nitrogen and oxygen atoms in total. The molecule has 92 valence electrons. The Labute approximate surface area is 119 Å². The SMILES string of the molecule is O=C(Cc1sccc1Br)C1CC1c1ccccc1. The van der Waals surface area contributed by atoms with E-state index in [1.54, 1.807) is 11.3 Å². The van der Waals surface area contributed by atoms with Crippen LogP contribution in [0.1, 0.15) is 22.8 Å². The minimum absolute atomic E-state index is 0.237. The third-order valence-electron chi connectivity index (χ3n) is 3.46. The first-order valence-electron chi connectivity index (χ1n) is 6.05. The third kappa shape index (κ3) is 2.43. The molecule has 2 aromatic rings. The zero-order chi connectivity index (χ0) is 12.5. The van der Waals surface area contributed by atoms with Crippen molar-refractivity contribution in [2.75, 3.05) is 0 Å². The summed E-state index contributed by atoms with van der Waals surface area (Å²) in [6.45, 7) is 0. The minimum atomic E-state index is 0.237. The van der Waals surface area contributed by atoms with Crippen LogP contribution in [0.5, 0.6) is 0 Å². The van der Waals surface area contributed by atoms with Gasteiger partial charge in [0.25, 0.3) is 0 Å². The molecule has 2 atom stereocenters. The Bertz CT molecular complexity index is 561. The lowest BCUT2D eigenvalue weighted by Gasteiger charge is -2.00. The van der Waals surface area contributed by atoms with Gasteiger partial charge in [-0.3, -0.25) is 4.79 Å². The number of ketones is 1. The molecule has 1 aromatic heterocycles. The van der Waals surface area contributed by atoms with Crippen LogP contribution in [-0.2, 0) is 11.2 Å². The number of hydrogen-bond donors (Lipinski definition) is 0. The van der Waals surface area contributed by atoms with Crippen molar-refractivity contribution in [1.29, 1.82) is 0 Å². The Hall–Kier alpha value is -0.930. The summed E-state index contributed by atoms with van der Waals surface area (Å²) in [5.74, 6) is 1.07. The van der Waals surface area contributed by atoms with Crippen LogP contribution >= 0.6 is 27.3 Å². The van der Waals surface area contributed by atoms with E-state index >= 15 is 0 Å². The molecule has 1 saturated carbocycles. The Morgan fingerprint density at radius 1 is 1.28 bits per heavy atom. The van der Waals surface area contributed by atoms with E-state index in [-0.39, 0.29) is 5.92 Å². The van der Waals surface area contributed by atoms with Gasteiger partial charge in [0.2, 0.25) is 0 Å². The zero-order valence-electron chi connectivity index (χ0n) is 9.80. The number of thiophene rings is 1. The predicted octanol–water partition coefficient (Wildman–Crippen LogP) is 4.43. The van der Waals surface area contributed by atoms with Crippen LogP contribution in [0.3, 0.4) is 0 Å². The van der Waals surface area contributed by atoms with Crippen molar-refractivity contribution in [2.24, 2.45) is 5.92 Å². The summed E-state index contributed by atoms with van der Waals surface area (Å²) in [6.07, 6.45) is 1.60. The van der Waals surface area contributed by atoms with E-state index in [0.717, 1.165) is 15.8 Å². The summed E-state index contributed by atoms with van der Waals surface area (Å²) >= 11 is 5.13. The van der Waals surface area contributed by atoms with Crippen molar-refractivity contribution in [3.05, 3.63) is 56.7 Å².